The minimum atomic E-state index is 0.860. The Kier molecular flexibility index (Phi) is 3.14. The van der Waals surface area contributed by atoms with E-state index in [1.54, 1.807) is 11.3 Å². The lowest BCUT2D eigenvalue weighted by molar-refractivity contribution is 0.490. The van der Waals surface area contributed by atoms with Gasteiger partial charge < -0.3 is 4.74 Å². The van der Waals surface area contributed by atoms with E-state index in [1.165, 1.54) is 15.5 Å². The van der Waals surface area contributed by atoms with Crippen molar-refractivity contribution in [3.63, 3.8) is 0 Å². The Balaban J connectivity index is 1.97. The van der Waals surface area contributed by atoms with Crippen LogP contribution in [0.3, 0.4) is 0 Å². The number of fused-ring (bicyclic) bond motifs is 1. The fourth-order valence-electron chi connectivity index (χ4n) is 1.82. The van der Waals surface area contributed by atoms with Crippen molar-refractivity contribution in [2.75, 3.05) is 0 Å². The molecule has 0 aliphatic carbocycles. The van der Waals surface area contributed by atoms with Crippen LogP contribution in [0.1, 0.15) is 0 Å². The summed E-state index contributed by atoms with van der Waals surface area (Å²) in [7, 11) is 2.11. The molecule has 2 aromatic carbocycles. The fraction of sp³-hybridized carbons (Fsp3) is 0. The van der Waals surface area contributed by atoms with Crippen molar-refractivity contribution in [1.29, 1.82) is 0 Å². The fourth-order valence-corrected chi connectivity index (χ4v) is 3.04. The third kappa shape index (κ3) is 2.31. The summed E-state index contributed by atoms with van der Waals surface area (Å²) in [5.74, 6) is 1.79. The molecule has 0 atom stereocenters. The Morgan fingerprint density at radius 2 is 1.83 bits per heavy atom. The number of rotatable bonds is 2. The van der Waals surface area contributed by atoms with Crippen LogP contribution in [-0.2, 0) is 0 Å². The molecule has 18 heavy (non-hydrogen) atoms. The minimum absolute atomic E-state index is 0.860. The first-order chi connectivity index (χ1) is 8.72. The first-order valence-corrected chi connectivity index (χ1v) is 7.31. The standard InChI is InChI=1S/C14H10BBrOS/c15-9-1-6-12-13(8-18-14(12)7-9)17-11-4-2-10(16)3-5-11/h1-8H,15H2. The highest BCUT2D eigenvalue weighted by Gasteiger charge is 2.06. The van der Waals surface area contributed by atoms with Crippen LogP contribution in [0.5, 0.6) is 11.5 Å². The molecule has 3 rings (SSSR count). The predicted octanol–water partition coefficient (Wildman–Crippen LogP) is 3.71. The average molecular weight is 317 g/mol. The summed E-state index contributed by atoms with van der Waals surface area (Å²) in [6.07, 6.45) is 0. The maximum absolute atomic E-state index is 5.92. The molecule has 4 heteroatoms. The van der Waals surface area contributed by atoms with Gasteiger partial charge in [0.05, 0.1) is 0 Å². The van der Waals surface area contributed by atoms with E-state index in [-0.39, 0.29) is 0 Å². The summed E-state index contributed by atoms with van der Waals surface area (Å²) in [4.78, 5) is 0. The summed E-state index contributed by atoms with van der Waals surface area (Å²) in [5.41, 5.74) is 1.28. The van der Waals surface area contributed by atoms with Crippen LogP contribution in [0.2, 0.25) is 0 Å². The number of thiophene rings is 1. The zero-order valence-corrected chi connectivity index (χ0v) is 12.2. The van der Waals surface area contributed by atoms with E-state index in [4.69, 9.17) is 4.74 Å². The highest BCUT2D eigenvalue weighted by Crippen LogP contribution is 2.34. The van der Waals surface area contributed by atoms with Crippen molar-refractivity contribution < 1.29 is 4.74 Å². The Morgan fingerprint density at radius 1 is 1.06 bits per heavy atom. The van der Waals surface area contributed by atoms with Crippen LogP contribution in [0.25, 0.3) is 10.1 Å². The first-order valence-electron chi connectivity index (χ1n) is 5.64. The molecule has 1 nitrogen and oxygen atoms in total. The second-order valence-electron chi connectivity index (χ2n) is 4.16. The molecule has 0 aliphatic rings. The molecule has 0 N–H and O–H groups in total. The van der Waals surface area contributed by atoms with Gasteiger partial charge in [-0.25, -0.2) is 0 Å². The first kappa shape index (κ1) is 11.8. The van der Waals surface area contributed by atoms with Gasteiger partial charge in [-0.1, -0.05) is 39.6 Å². The lowest BCUT2D eigenvalue weighted by atomic mass is 9.96. The third-order valence-electron chi connectivity index (χ3n) is 2.74. The van der Waals surface area contributed by atoms with E-state index in [0.717, 1.165) is 16.0 Å². The van der Waals surface area contributed by atoms with Gasteiger partial charge in [0, 0.05) is 19.9 Å². The van der Waals surface area contributed by atoms with Crippen LogP contribution in [0, 0.1) is 0 Å². The normalized spacial score (nSPS) is 10.7. The lowest BCUT2D eigenvalue weighted by Gasteiger charge is -2.04. The molecule has 0 spiro atoms. The smallest absolute Gasteiger partial charge is 0.145 e. The van der Waals surface area contributed by atoms with E-state index in [2.05, 4.69) is 47.4 Å². The Hall–Kier alpha value is -1.26. The maximum atomic E-state index is 5.92. The summed E-state index contributed by atoms with van der Waals surface area (Å²) in [5, 5.41) is 3.24. The molecule has 88 valence electrons. The molecule has 0 amide bonds. The van der Waals surface area contributed by atoms with Crippen molar-refractivity contribution in [2.45, 2.75) is 0 Å². The monoisotopic (exact) mass is 316 g/mol. The number of hydrogen-bond acceptors (Lipinski definition) is 2. The largest absolute Gasteiger partial charge is 0.456 e. The molecule has 0 bridgehead atoms. The Labute approximate surface area is 119 Å². The highest BCUT2D eigenvalue weighted by molar-refractivity contribution is 9.10. The second-order valence-corrected chi connectivity index (χ2v) is 5.98. The van der Waals surface area contributed by atoms with Gasteiger partial charge in [-0.05, 0) is 24.3 Å². The van der Waals surface area contributed by atoms with Crippen LogP contribution in [0.4, 0.5) is 0 Å². The van der Waals surface area contributed by atoms with Crippen LogP contribution < -0.4 is 10.2 Å². The second kappa shape index (κ2) is 4.79. The van der Waals surface area contributed by atoms with Gasteiger partial charge in [0.25, 0.3) is 0 Å². The summed E-state index contributed by atoms with van der Waals surface area (Å²) < 4.78 is 8.24. The van der Waals surface area contributed by atoms with Gasteiger partial charge in [-0.3, -0.25) is 0 Å². The molecular formula is C14H10BBrOS. The third-order valence-corrected chi connectivity index (χ3v) is 4.19. The summed E-state index contributed by atoms with van der Waals surface area (Å²) >= 11 is 5.13. The van der Waals surface area contributed by atoms with Gasteiger partial charge in [-0.2, -0.15) is 0 Å². The maximum Gasteiger partial charge on any atom is 0.145 e. The molecular weight excluding hydrogens is 307 g/mol. The molecule has 0 radical (unpaired) electrons. The number of ether oxygens (including phenoxy) is 1. The predicted molar refractivity (Wildman–Crippen MR) is 84.2 cm³/mol. The SMILES string of the molecule is Bc1ccc2c(Oc3ccc(Br)cc3)csc2c1. The van der Waals surface area contributed by atoms with Crippen molar-refractivity contribution in [2.24, 2.45) is 0 Å². The van der Waals surface area contributed by atoms with Crippen LogP contribution in [-0.4, -0.2) is 7.85 Å². The molecule has 0 saturated heterocycles. The van der Waals surface area contributed by atoms with E-state index < -0.39 is 0 Å². The molecule has 0 fully saturated rings. The van der Waals surface area contributed by atoms with E-state index in [1.807, 2.05) is 24.3 Å². The number of benzene rings is 2. The van der Waals surface area contributed by atoms with Gasteiger partial charge >= 0.3 is 0 Å². The summed E-state index contributed by atoms with van der Waals surface area (Å²) in [6.45, 7) is 0. The lowest BCUT2D eigenvalue weighted by Crippen LogP contribution is -1.98. The number of hydrogen-bond donors (Lipinski definition) is 0. The van der Waals surface area contributed by atoms with E-state index >= 15 is 0 Å². The van der Waals surface area contributed by atoms with E-state index in [0.29, 0.717) is 0 Å². The van der Waals surface area contributed by atoms with Gasteiger partial charge in [-0.15, -0.1) is 11.3 Å². The highest BCUT2D eigenvalue weighted by atomic mass is 79.9. The van der Waals surface area contributed by atoms with Crippen LogP contribution in [0.15, 0.2) is 52.3 Å². The minimum Gasteiger partial charge on any atom is -0.456 e. The zero-order chi connectivity index (χ0) is 12.5. The van der Waals surface area contributed by atoms with Gasteiger partial charge in [0.1, 0.15) is 19.3 Å². The molecule has 0 unspecified atom stereocenters. The molecule has 1 heterocycles. The average Bonchev–Trinajstić information content (AvgIpc) is 2.74. The van der Waals surface area contributed by atoms with E-state index in [9.17, 15) is 0 Å². The van der Waals surface area contributed by atoms with Gasteiger partial charge in [0.2, 0.25) is 0 Å². The molecule has 0 saturated carbocycles. The van der Waals surface area contributed by atoms with Crippen LogP contribution >= 0.6 is 27.3 Å². The van der Waals surface area contributed by atoms with Gasteiger partial charge in [0.15, 0.2) is 0 Å². The van der Waals surface area contributed by atoms with Crippen molar-refractivity contribution in [3.05, 3.63) is 52.3 Å². The molecule has 3 aromatic rings. The number of halogens is 1. The van der Waals surface area contributed by atoms with Crippen molar-refractivity contribution >= 4 is 50.7 Å². The quantitative estimate of drug-likeness (QED) is 0.655. The summed E-state index contributed by atoms with van der Waals surface area (Å²) in [6, 6.07) is 14.3. The van der Waals surface area contributed by atoms with Crippen molar-refractivity contribution in [1.82, 2.24) is 0 Å². The molecule has 1 aromatic heterocycles. The zero-order valence-electron chi connectivity index (χ0n) is 9.81. The molecule has 0 aliphatic heterocycles. The Morgan fingerprint density at radius 3 is 2.61 bits per heavy atom. The topological polar surface area (TPSA) is 9.23 Å². The van der Waals surface area contributed by atoms with Crippen molar-refractivity contribution in [3.8, 4) is 11.5 Å². The Bertz CT molecular complexity index is 691.